The number of piperidine rings is 1. The van der Waals surface area contributed by atoms with Crippen LogP contribution in [0.2, 0.25) is 5.02 Å². The summed E-state index contributed by atoms with van der Waals surface area (Å²) in [7, 11) is 2.16. The van der Waals surface area contributed by atoms with Crippen molar-refractivity contribution in [1.82, 2.24) is 4.90 Å². The van der Waals surface area contributed by atoms with Crippen LogP contribution in [0, 0.1) is 6.92 Å². The number of likely N-dealkylation sites (N-methyl/N-ethyl adjacent to an activating group) is 1. The number of hydrogen-bond acceptors (Lipinski definition) is 3. The fourth-order valence-corrected chi connectivity index (χ4v) is 2.53. The van der Waals surface area contributed by atoms with Crippen LogP contribution in [0.1, 0.15) is 18.4 Å². The van der Waals surface area contributed by atoms with Crippen molar-refractivity contribution >= 4 is 23.0 Å². The number of halogens is 1. The number of hydrogen-bond donors (Lipinski definition) is 2. The van der Waals surface area contributed by atoms with Gasteiger partial charge in [-0.15, -0.1) is 0 Å². The van der Waals surface area contributed by atoms with Crippen molar-refractivity contribution in [2.24, 2.45) is 0 Å². The first-order chi connectivity index (χ1) is 8.06. The average molecular weight is 254 g/mol. The molecule has 0 aliphatic carbocycles. The van der Waals surface area contributed by atoms with Gasteiger partial charge in [-0.3, -0.25) is 0 Å². The lowest BCUT2D eigenvalue weighted by molar-refractivity contribution is 0.261. The minimum atomic E-state index is 0.507. The summed E-state index contributed by atoms with van der Waals surface area (Å²) in [5, 5.41) is 4.19. The summed E-state index contributed by atoms with van der Waals surface area (Å²) >= 11 is 6.06. The number of nitrogen functional groups attached to an aromatic ring is 1. The highest BCUT2D eigenvalue weighted by atomic mass is 35.5. The first kappa shape index (κ1) is 12.5. The largest absolute Gasteiger partial charge is 0.398 e. The van der Waals surface area contributed by atoms with Crippen LogP contribution < -0.4 is 11.1 Å². The first-order valence-electron chi connectivity index (χ1n) is 6.07. The van der Waals surface area contributed by atoms with Crippen LogP contribution in [0.25, 0.3) is 0 Å². The van der Waals surface area contributed by atoms with Crippen LogP contribution >= 0.6 is 11.6 Å². The van der Waals surface area contributed by atoms with Crippen molar-refractivity contribution in [3.05, 3.63) is 22.7 Å². The number of nitrogens with one attached hydrogen (secondary N) is 1. The molecule has 1 aliphatic rings. The maximum Gasteiger partial charge on any atom is 0.0656 e. The van der Waals surface area contributed by atoms with Crippen molar-refractivity contribution in [3.8, 4) is 0 Å². The normalized spacial score (nSPS) is 21.5. The van der Waals surface area contributed by atoms with Crippen LogP contribution in [0.5, 0.6) is 0 Å². The molecule has 0 amide bonds. The highest BCUT2D eigenvalue weighted by molar-refractivity contribution is 6.33. The lowest BCUT2D eigenvalue weighted by Crippen LogP contribution is -2.39. The van der Waals surface area contributed by atoms with Crippen LogP contribution in [0.15, 0.2) is 12.1 Å². The standard InChI is InChI=1S/C13H20ClN3/c1-9-6-12(15)11(14)7-13(9)16-10-4-3-5-17(2)8-10/h6-7,10,16H,3-5,8,15H2,1-2H3. The third-order valence-electron chi connectivity index (χ3n) is 3.33. The molecular formula is C13H20ClN3. The van der Waals surface area contributed by atoms with Crippen LogP contribution in [0.3, 0.4) is 0 Å². The number of rotatable bonds is 2. The number of nitrogens with zero attached hydrogens (tertiary/aromatic N) is 1. The molecule has 1 aromatic rings. The lowest BCUT2D eigenvalue weighted by atomic mass is 10.0. The molecule has 1 unspecified atom stereocenters. The second kappa shape index (κ2) is 5.15. The molecule has 3 nitrogen and oxygen atoms in total. The Morgan fingerprint density at radius 2 is 2.24 bits per heavy atom. The third-order valence-corrected chi connectivity index (χ3v) is 3.66. The minimum Gasteiger partial charge on any atom is -0.398 e. The maximum absolute atomic E-state index is 6.06. The van der Waals surface area contributed by atoms with E-state index in [9.17, 15) is 0 Å². The summed E-state index contributed by atoms with van der Waals surface area (Å²) in [6.07, 6.45) is 2.46. The lowest BCUT2D eigenvalue weighted by Gasteiger charge is -2.31. The van der Waals surface area contributed by atoms with Gasteiger partial charge in [0, 0.05) is 18.3 Å². The monoisotopic (exact) mass is 253 g/mol. The van der Waals surface area contributed by atoms with E-state index in [1.807, 2.05) is 12.1 Å². The predicted molar refractivity (Wildman–Crippen MR) is 74.7 cm³/mol. The van der Waals surface area contributed by atoms with E-state index in [-0.39, 0.29) is 0 Å². The van der Waals surface area contributed by atoms with Gasteiger partial charge in [0.2, 0.25) is 0 Å². The molecule has 1 atom stereocenters. The number of nitrogens with two attached hydrogens (primary N) is 1. The van der Waals surface area contributed by atoms with Gasteiger partial charge in [-0.1, -0.05) is 11.6 Å². The van der Waals surface area contributed by atoms with Crippen LogP contribution in [-0.2, 0) is 0 Å². The second-order valence-electron chi connectivity index (χ2n) is 4.93. The van der Waals surface area contributed by atoms with E-state index in [0.29, 0.717) is 16.8 Å². The van der Waals surface area contributed by atoms with E-state index < -0.39 is 0 Å². The summed E-state index contributed by atoms with van der Waals surface area (Å²) in [6, 6.07) is 4.37. The summed E-state index contributed by atoms with van der Waals surface area (Å²) < 4.78 is 0. The Labute approximate surface area is 108 Å². The van der Waals surface area contributed by atoms with Gasteiger partial charge in [0.15, 0.2) is 0 Å². The molecule has 0 bridgehead atoms. The Morgan fingerprint density at radius 3 is 2.94 bits per heavy atom. The molecule has 3 N–H and O–H groups in total. The quantitative estimate of drug-likeness (QED) is 0.797. The van der Waals surface area contributed by atoms with Crippen molar-refractivity contribution < 1.29 is 0 Å². The summed E-state index contributed by atoms with van der Waals surface area (Å²) in [4.78, 5) is 2.36. The summed E-state index contributed by atoms with van der Waals surface area (Å²) in [5.74, 6) is 0. The highest BCUT2D eigenvalue weighted by Crippen LogP contribution is 2.28. The van der Waals surface area contributed by atoms with Gasteiger partial charge in [0.05, 0.1) is 10.7 Å². The molecule has 2 rings (SSSR count). The zero-order valence-electron chi connectivity index (χ0n) is 10.5. The number of aryl methyl sites for hydroxylation is 1. The summed E-state index contributed by atoms with van der Waals surface area (Å²) in [5.41, 5.74) is 8.68. The molecule has 0 saturated carbocycles. The molecule has 0 spiro atoms. The van der Waals surface area contributed by atoms with Gasteiger partial charge in [0.1, 0.15) is 0 Å². The molecule has 0 radical (unpaired) electrons. The van der Waals surface area contributed by atoms with E-state index in [2.05, 4.69) is 24.2 Å². The van der Waals surface area contributed by atoms with Crippen LogP contribution in [0.4, 0.5) is 11.4 Å². The second-order valence-corrected chi connectivity index (χ2v) is 5.34. The van der Waals surface area contributed by atoms with Gasteiger partial charge < -0.3 is 16.0 Å². The Balaban J connectivity index is 2.10. The predicted octanol–water partition coefficient (Wildman–Crippen LogP) is 2.74. The molecule has 94 valence electrons. The smallest absolute Gasteiger partial charge is 0.0656 e. The third kappa shape index (κ3) is 3.05. The number of benzene rings is 1. The molecule has 17 heavy (non-hydrogen) atoms. The van der Waals surface area contributed by atoms with Gasteiger partial charge in [0.25, 0.3) is 0 Å². The fourth-order valence-electron chi connectivity index (χ4n) is 2.36. The zero-order valence-corrected chi connectivity index (χ0v) is 11.2. The van der Waals surface area contributed by atoms with Crippen molar-refractivity contribution in [1.29, 1.82) is 0 Å². The van der Waals surface area contributed by atoms with E-state index in [1.54, 1.807) is 0 Å². The number of likely N-dealkylation sites (tertiary alicyclic amines) is 1. The van der Waals surface area contributed by atoms with Crippen molar-refractivity contribution in [2.45, 2.75) is 25.8 Å². The first-order valence-corrected chi connectivity index (χ1v) is 6.45. The van der Waals surface area contributed by atoms with Crippen LogP contribution in [-0.4, -0.2) is 31.1 Å². The Hall–Kier alpha value is -0.930. The summed E-state index contributed by atoms with van der Waals surface area (Å²) in [6.45, 7) is 4.34. The molecule has 0 aromatic heterocycles. The Kier molecular flexibility index (Phi) is 3.79. The number of anilines is 2. The van der Waals surface area contributed by atoms with Gasteiger partial charge in [-0.25, -0.2) is 0 Å². The van der Waals surface area contributed by atoms with Gasteiger partial charge >= 0.3 is 0 Å². The Morgan fingerprint density at radius 1 is 1.47 bits per heavy atom. The van der Waals surface area contributed by atoms with Gasteiger partial charge in [-0.05, 0) is 51.1 Å². The highest BCUT2D eigenvalue weighted by Gasteiger charge is 2.17. The van der Waals surface area contributed by atoms with E-state index in [4.69, 9.17) is 17.3 Å². The zero-order chi connectivity index (χ0) is 12.4. The molecule has 1 aliphatic heterocycles. The Bertz CT molecular complexity index is 406. The molecule has 1 saturated heterocycles. The van der Waals surface area contributed by atoms with E-state index in [1.165, 1.54) is 19.4 Å². The fraction of sp³-hybridized carbons (Fsp3) is 0.538. The van der Waals surface area contributed by atoms with Crippen molar-refractivity contribution in [3.63, 3.8) is 0 Å². The molecule has 1 fully saturated rings. The van der Waals surface area contributed by atoms with E-state index in [0.717, 1.165) is 17.8 Å². The molecule has 4 heteroatoms. The molecular weight excluding hydrogens is 234 g/mol. The maximum atomic E-state index is 6.06. The molecule has 1 heterocycles. The van der Waals surface area contributed by atoms with E-state index >= 15 is 0 Å². The topological polar surface area (TPSA) is 41.3 Å². The molecule has 1 aromatic carbocycles. The minimum absolute atomic E-state index is 0.507. The van der Waals surface area contributed by atoms with Gasteiger partial charge in [-0.2, -0.15) is 0 Å². The SMILES string of the molecule is Cc1cc(N)c(Cl)cc1NC1CCCN(C)C1. The average Bonchev–Trinajstić information content (AvgIpc) is 2.26. The van der Waals surface area contributed by atoms with Crippen molar-refractivity contribution in [2.75, 3.05) is 31.2 Å².